The standard InChI is InChI=1S/C22H18N4O5S/c27-19(24-21-23-15-10-16-17(11-18(15)32-21)31-9-8-30-16)13-26-20(28)6-7-25(22(26)29)12-14-4-2-1-3-5-14/h1-7,10-11H,8-9,12-13H2,(H,23,24,27). The third kappa shape index (κ3) is 4.00. The van der Waals surface area contributed by atoms with E-state index >= 15 is 0 Å². The molecule has 0 fully saturated rings. The fraction of sp³-hybridized carbons (Fsp3) is 0.182. The Bertz CT molecular complexity index is 1380. The van der Waals surface area contributed by atoms with Crippen molar-refractivity contribution in [2.75, 3.05) is 18.5 Å². The molecule has 0 aliphatic carbocycles. The molecule has 0 saturated heterocycles. The van der Waals surface area contributed by atoms with Gasteiger partial charge in [0.2, 0.25) is 5.91 Å². The van der Waals surface area contributed by atoms with Crippen LogP contribution in [0, 0.1) is 0 Å². The van der Waals surface area contributed by atoms with Gasteiger partial charge < -0.3 is 14.8 Å². The number of aromatic nitrogens is 3. The molecule has 4 aromatic rings. The van der Waals surface area contributed by atoms with Crippen molar-refractivity contribution in [2.45, 2.75) is 13.1 Å². The van der Waals surface area contributed by atoms with Gasteiger partial charge in [0.15, 0.2) is 16.6 Å². The van der Waals surface area contributed by atoms with Gasteiger partial charge in [0.1, 0.15) is 19.8 Å². The average Bonchev–Trinajstić information content (AvgIpc) is 3.18. The summed E-state index contributed by atoms with van der Waals surface area (Å²) in [6.45, 7) is 0.842. The zero-order valence-corrected chi connectivity index (χ0v) is 17.6. The summed E-state index contributed by atoms with van der Waals surface area (Å²) >= 11 is 1.27. The Kier molecular flexibility index (Phi) is 5.20. The normalized spacial score (nSPS) is 12.6. The van der Waals surface area contributed by atoms with E-state index in [0.29, 0.717) is 41.9 Å². The molecule has 1 aliphatic rings. The third-order valence-corrected chi connectivity index (χ3v) is 5.87. The summed E-state index contributed by atoms with van der Waals surface area (Å²) in [7, 11) is 0. The van der Waals surface area contributed by atoms with E-state index in [1.165, 1.54) is 28.2 Å². The molecule has 1 aliphatic heterocycles. The van der Waals surface area contributed by atoms with E-state index in [2.05, 4.69) is 10.3 Å². The number of amides is 1. The van der Waals surface area contributed by atoms with Gasteiger partial charge in [0.05, 0.1) is 16.8 Å². The summed E-state index contributed by atoms with van der Waals surface area (Å²) in [5.41, 5.74) is 0.481. The Morgan fingerprint density at radius 2 is 1.81 bits per heavy atom. The first-order valence-electron chi connectivity index (χ1n) is 9.91. The highest BCUT2D eigenvalue weighted by atomic mass is 32.1. The topological polar surface area (TPSA) is 104 Å². The van der Waals surface area contributed by atoms with Gasteiger partial charge in [0.25, 0.3) is 5.56 Å². The lowest BCUT2D eigenvalue weighted by Crippen LogP contribution is -2.41. The van der Waals surface area contributed by atoms with Gasteiger partial charge in [-0.05, 0) is 5.56 Å². The van der Waals surface area contributed by atoms with Gasteiger partial charge in [-0.1, -0.05) is 41.7 Å². The summed E-state index contributed by atoms with van der Waals surface area (Å²) in [5.74, 6) is 0.736. The fourth-order valence-corrected chi connectivity index (χ4v) is 4.32. The molecule has 0 unspecified atom stereocenters. The molecule has 0 spiro atoms. The van der Waals surface area contributed by atoms with E-state index in [1.807, 2.05) is 36.4 Å². The number of benzene rings is 2. The molecule has 0 radical (unpaired) electrons. The smallest absolute Gasteiger partial charge is 0.331 e. The second kappa shape index (κ2) is 8.31. The highest BCUT2D eigenvalue weighted by molar-refractivity contribution is 7.22. The minimum absolute atomic E-state index is 0.300. The van der Waals surface area contributed by atoms with Crippen LogP contribution < -0.4 is 26.0 Å². The van der Waals surface area contributed by atoms with Gasteiger partial charge in [0, 0.05) is 24.4 Å². The number of carbonyl (C=O) groups is 1. The van der Waals surface area contributed by atoms with Crippen molar-refractivity contribution in [3.63, 3.8) is 0 Å². The van der Waals surface area contributed by atoms with Crippen LogP contribution in [0.1, 0.15) is 5.56 Å². The largest absolute Gasteiger partial charge is 0.486 e. The molecule has 0 saturated carbocycles. The van der Waals surface area contributed by atoms with Crippen LogP contribution in [-0.2, 0) is 17.9 Å². The predicted octanol–water partition coefficient (Wildman–Crippen LogP) is 2.08. The Morgan fingerprint density at radius 3 is 2.59 bits per heavy atom. The highest BCUT2D eigenvalue weighted by Gasteiger charge is 2.17. The zero-order valence-electron chi connectivity index (χ0n) is 16.8. The van der Waals surface area contributed by atoms with Crippen molar-refractivity contribution >= 4 is 32.6 Å². The van der Waals surface area contributed by atoms with Gasteiger partial charge in [-0.3, -0.25) is 18.7 Å². The van der Waals surface area contributed by atoms with Crippen LogP contribution in [-0.4, -0.2) is 33.2 Å². The molecule has 9 nitrogen and oxygen atoms in total. The summed E-state index contributed by atoms with van der Waals surface area (Å²) in [6.07, 6.45) is 1.44. The molecule has 5 rings (SSSR count). The summed E-state index contributed by atoms with van der Waals surface area (Å²) < 4.78 is 14.3. The zero-order chi connectivity index (χ0) is 22.1. The van der Waals surface area contributed by atoms with E-state index in [9.17, 15) is 14.4 Å². The number of hydrogen-bond acceptors (Lipinski definition) is 7. The third-order valence-electron chi connectivity index (χ3n) is 4.94. The lowest BCUT2D eigenvalue weighted by Gasteiger charge is -2.17. The van der Waals surface area contributed by atoms with Crippen molar-refractivity contribution in [3.8, 4) is 11.5 Å². The fourth-order valence-electron chi connectivity index (χ4n) is 3.42. The molecule has 0 bridgehead atoms. The van der Waals surface area contributed by atoms with Crippen LogP contribution in [0.15, 0.2) is 64.3 Å². The monoisotopic (exact) mass is 450 g/mol. The molecule has 0 atom stereocenters. The maximum Gasteiger partial charge on any atom is 0.331 e. The number of carbonyl (C=O) groups excluding carboxylic acids is 1. The summed E-state index contributed by atoms with van der Waals surface area (Å²) in [5, 5.41) is 3.03. The number of ether oxygens (including phenoxy) is 2. The van der Waals surface area contributed by atoms with Crippen molar-refractivity contribution in [2.24, 2.45) is 0 Å². The van der Waals surface area contributed by atoms with E-state index in [1.54, 1.807) is 6.07 Å². The lowest BCUT2D eigenvalue weighted by atomic mass is 10.2. The second-order valence-corrected chi connectivity index (χ2v) is 8.20. The highest BCUT2D eigenvalue weighted by Crippen LogP contribution is 2.37. The van der Waals surface area contributed by atoms with Crippen LogP contribution in [0.5, 0.6) is 11.5 Å². The Balaban J connectivity index is 1.35. The maximum absolute atomic E-state index is 12.8. The first kappa shape index (κ1) is 20.0. The molecular formula is C22H18N4O5S. The van der Waals surface area contributed by atoms with Crippen LogP contribution in [0.25, 0.3) is 10.2 Å². The van der Waals surface area contributed by atoms with Gasteiger partial charge in [-0.25, -0.2) is 9.78 Å². The number of nitrogens with zero attached hydrogens (tertiary/aromatic N) is 3. The minimum Gasteiger partial charge on any atom is -0.486 e. The molecule has 162 valence electrons. The first-order chi connectivity index (χ1) is 15.6. The SMILES string of the molecule is O=C(Cn1c(=O)ccn(Cc2ccccc2)c1=O)Nc1nc2cc3c(cc2s1)OCCO3. The van der Waals surface area contributed by atoms with Crippen LogP contribution in [0.3, 0.4) is 0 Å². The summed E-state index contributed by atoms with van der Waals surface area (Å²) in [4.78, 5) is 42.0. The van der Waals surface area contributed by atoms with Crippen LogP contribution in [0.2, 0.25) is 0 Å². The number of fused-ring (bicyclic) bond motifs is 2. The van der Waals surface area contributed by atoms with Crippen molar-refractivity contribution in [1.29, 1.82) is 0 Å². The average molecular weight is 450 g/mol. The van der Waals surface area contributed by atoms with E-state index in [4.69, 9.17) is 9.47 Å². The van der Waals surface area contributed by atoms with E-state index in [-0.39, 0.29) is 0 Å². The Morgan fingerprint density at radius 1 is 1.06 bits per heavy atom. The molecule has 10 heteroatoms. The van der Waals surface area contributed by atoms with Gasteiger partial charge in [-0.15, -0.1) is 0 Å². The molecule has 3 heterocycles. The summed E-state index contributed by atoms with van der Waals surface area (Å²) in [6, 6.07) is 14.3. The van der Waals surface area contributed by atoms with Crippen LogP contribution >= 0.6 is 11.3 Å². The minimum atomic E-state index is -0.553. The number of rotatable bonds is 5. The van der Waals surface area contributed by atoms with Crippen molar-refractivity contribution in [1.82, 2.24) is 14.1 Å². The molecule has 1 amide bonds. The van der Waals surface area contributed by atoms with Crippen molar-refractivity contribution in [3.05, 3.63) is 81.1 Å². The molecule has 32 heavy (non-hydrogen) atoms. The number of thiazole rings is 1. The lowest BCUT2D eigenvalue weighted by molar-refractivity contribution is -0.116. The van der Waals surface area contributed by atoms with Crippen molar-refractivity contribution < 1.29 is 14.3 Å². The van der Waals surface area contributed by atoms with E-state index < -0.39 is 23.7 Å². The molecule has 2 aromatic carbocycles. The Hall–Kier alpha value is -3.92. The number of anilines is 1. The quantitative estimate of drug-likeness (QED) is 0.499. The maximum atomic E-state index is 12.8. The Labute approximate surface area is 185 Å². The molecule has 1 N–H and O–H groups in total. The van der Waals surface area contributed by atoms with Gasteiger partial charge >= 0.3 is 5.69 Å². The van der Waals surface area contributed by atoms with E-state index in [0.717, 1.165) is 14.8 Å². The number of nitrogens with one attached hydrogen (secondary N) is 1. The first-order valence-corrected chi connectivity index (χ1v) is 10.7. The predicted molar refractivity (Wildman–Crippen MR) is 120 cm³/mol. The molecular weight excluding hydrogens is 432 g/mol. The second-order valence-electron chi connectivity index (χ2n) is 7.17. The van der Waals surface area contributed by atoms with Gasteiger partial charge in [-0.2, -0.15) is 0 Å². The number of hydrogen-bond donors (Lipinski definition) is 1. The molecule has 2 aromatic heterocycles. The van der Waals surface area contributed by atoms with Crippen LogP contribution in [0.4, 0.5) is 5.13 Å².